The average Bonchev–Trinajstić information content (AvgIpc) is 2.43. The van der Waals surface area contributed by atoms with E-state index in [0.29, 0.717) is 24.2 Å². The van der Waals surface area contributed by atoms with Crippen LogP contribution < -0.4 is 0 Å². The molecule has 1 aromatic carbocycles. The maximum absolute atomic E-state index is 12.6. The molecule has 20 heavy (non-hydrogen) atoms. The van der Waals surface area contributed by atoms with Crippen LogP contribution in [0.4, 0.5) is 17.6 Å². The molecule has 112 valence electrons. The van der Waals surface area contributed by atoms with Crippen LogP contribution in [0.15, 0.2) is 30.3 Å². The van der Waals surface area contributed by atoms with Gasteiger partial charge < -0.3 is 0 Å². The first-order valence-corrected chi connectivity index (χ1v) is 7.30. The van der Waals surface area contributed by atoms with Crippen molar-refractivity contribution < 1.29 is 22.4 Å². The van der Waals surface area contributed by atoms with Gasteiger partial charge in [0.2, 0.25) is 5.12 Å². The fraction of sp³-hybridized carbons (Fsp3) is 0.500. The number of carbonyl (C=O) groups excluding carboxylic acids is 1. The van der Waals surface area contributed by atoms with Gasteiger partial charge in [0, 0.05) is 17.7 Å². The fourth-order valence-electron chi connectivity index (χ4n) is 1.57. The van der Waals surface area contributed by atoms with E-state index in [-0.39, 0.29) is 11.5 Å². The van der Waals surface area contributed by atoms with Crippen LogP contribution in [0.2, 0.25) is 0 Å². The highest BCUT2D eigenvalue weighted by Gasteiger charge is 2.39. The number of hydrogen-bond acceptors (Lipinski definition) is 2. The molecule has 0 amide bonds. The molecule has 0 spiro atoms. The summed E-state index contributed by atoms with van der Waals surface area (Å²) >= 11 is 1.12. The quantitative estimate of drug-likeness (QED) is 0.495. The van der Waals surface area contributed by atoms with Crippen LogP contribution in [0.1, 0.15) is 36.0 Å². The van der Waals surface area contributed by atoms with Crippen molar-refractivity contribution in [2.75, 3.05) is 5.75 Å². The Morgan fingerprint density at radius 3 is 2.35 bits per heavy atom. The molecule has 0 saturated heterocycles. The minimum absolute atomic E-state index is 0.0391. The summed E-state index contributed by atoms with van der Waals surface area (Å²) in [5.41, 5.74) is 0.599. The summed E-state index contributed by atoms with van der Waals surface area (Å²) in [6, 6.07) is 8.75. The largest absolute Gasteiger partial charge is 0.307 e. The Balaban J connectivity index is 2.13. The summed E-state index contributed by atoms with van der Waals surface area (Å²) in [6.07, 6.45) is -3.39. The van der Waals surface area contributed by atoms with Gasteiger partial charge in [-0.2, -0.15) is 0 Å². The molecular weight excluding hydrogens is 292 g/mol. The Labute approximate surface area is 119 Å². The van der Waals surface area contributed by atoms with Crippen LogP contribution in [0.25, 0.3) is 0 Å². The zero-order valence-electron chi connectivity index (χ0n) is 10.8. The monoisotopic (exact) mass is 308 g/mol. The molecule has 0 bridgehead atoms. The molecule has 1 aromatic rings. The van der Waals surface area contributed by atoms with Crippen molar-refractivity contribution in [1.82, 2.24) is 0 Å². The highest BCUT2D eigenvalue weighted by Crippen LogP contribution is 2.29. The van der Waals surface area contributed by atoms with E-state index in [1.54, 1.807) is 24.3 Å². The van der Waals surface area contributed by atoms with Crippen LogP contribution in [0.3, 0.4) is 0 Å². The second kappa shape index (κ2) is 8.29. The van der Waals surface area contributed by atoms with Crippen molar-refractivity contribution in [2.24, 2.45) is 0 Å². The van der Waals surface area contributed by atoms with E-state index in [4.69, 9.17) is 0 Å². The highest BCUT2D eigenvalue weighted by molar-refractivity contribution is 8.14. The van der Waals surface area contributed by atoms with Crippen LogP contribution in [-0.2, 0) is 0 Å². The first kappa shape index (κ1) is 17.0. The highest BCUT2D eigenvalue weighted by atomic mass is 32.2. The van der Waals surface area contributed by atoms with E-state index in [1.807, 2.05) is 6.07 Å². The number of hydrogen-bond donors (Lipinski definition) is 0. The SMILES string of the molecule is O=C(SCCCCCC(F)(F)C(F)F)c1ccccc1. The molecule has 1 rings (SSSR count). The number of thioether (sulfide) groups is 1. The summed E-state index contributed by atoms with van der Waals surface area (Å²) in [6.45, 7) is 0. The predicted octanol–water partition coefficient (Wildman–Crippen LogP) is 5.02. The van der Waals surface area contributed by atoms with Gasteiger partial charge in [0.05, 0.1) is 0 Å². The molecule has 0 aliphatic carbocycles. The van der Waals surface area contributed by atoms with Crippen LogP contribution >= 0.6 is 11.8 Å². The van der Waals surface area contributed by atoms with E-state index in [0.717, 1.165) is 11.8 Å². The molecule has 0 N–H and O–H groups in total. The maximum atomic E-state index is 12.6. The van der Waals surface area contributed by atoms with Gasteiger partial charge in [0.15, 0.2) is 0 Å². The standard InChI is InChI=1S/C14H16F4OS/c15-13(16)14(17,18)9-5-2-6-10-20-12(19)11-7-3-1-4-8-11/h1,3-4,7-8,13H,2,5-6,9-10H2. The van der Waals surface area contributed by atoms with Gasteiger partial charge in [-0.05, 0) is 12.8 Å². The van der Waals surface area contributed by atoms with Gasteiger partial charge in [0.1, 0.15) is 0 Å². The van der Waals surface area contributed by atoms with Gasteiger partial charge in [-0.15, -0.1) is 0 Å². The lowest BCUT2D eigenvalue weighted by Gasteiger charge is -2.14. The third kappa shape index (κ3) is 5.94. The number of unbranched alkanes of at least 4 members (excludes halogenated alkanes) is 2. The van der Waals surface area contributed by atoms with E-state index in [1.165, 1.54) is 0 Å². The lowest BCUT2D eigenvalue weighted by atomic mass is 10.1. The lowest BCUT2D eigenvalue weighted by molar-refractivity contribution is -0.133. The van der Waals surface area contributed by atoms with Crippen molar-refractivity contribution in [3.05, 3.63) is 35.9 Å². The topological polar surface area (TPSA) is 17.1 Å². The van der Waals surface area contributed by atoms with Crippen molar-refractivity contribution in [3.8, 4) is 0 Å². The first-order valence-electron chi connectivity index (χ1n) is 6.31. The van der Waals surface area contributed by atoms with E-state index in [2.05, 4.69) is 0 Å². The minimum atomic E-state index is -3.90. The summed E-state index contributed by atoms with van der Waals surface area (Å²) in [5.74, 6) is -3.39. The smallest absolute Gasteiger partial charge is 0.282 e. The molecule has 0 saturated carbocycles. The van der Waals surface area contributed by atoms with Gasteiger partial charge in [-0.1, -0.05) is 48.5 Å². The maximum Gasteiger partial charge on any atom is 0.307 e. The summed E-state index contributed by atoms with van der Waals surface area (Å²) < 4.78 is 49.0. The Kier molecular flexibility index (Phi) is 7.05. The van der Waals surface area contributed by atoms with Crippen molar-refractivity contribution in [2.45, 2.75) is 38.0 Å². The molecule has 0 aliphatic heterocycles. The third-order valence-electron chi connectivity index (χ3n) is 2.72. The number of alkyl halides is 4. The summed E-state index contributed by atoms with van der Waals surface area (Å²) in [7, 11) is 0. The normalized spacial score (nSPS) is 11.8. The van der Waals surface area contributed by atoms with Crippen LogP contribution in [-0.4, -0.2) is 23.2 Å². The molecule has 6 heteroatoms. The van der Waals surface area contributed by atoms with E-state index >= 15 is 0 Å². The van der Waals surface area contributed by atoms with Gasteiger partial charge >= 0.3 is 12.3 Å². The number of halogens is 4. The second-order valence-corrected chi connectivity index (χ2v) is 5.44. The van der Waals surface area contributed by atoms with Crippen molar-refractivity contribution in [3.63, 3.8) is 0 Å². The predicted molar refractivity (Wildman–Crippen MR) is 72.6 cm³/mol. The Morgan fingerprint density at radius 2 is 1.75 bits per heavy atom. The third-order valence-corrected chi connectivity index (χ3v) is 3.71. The van der Waals surface area contributed by atoms with Crippen LogP contribution in [0.5, 0.6) is 0 Å². The van der Waals surface area contributed by atoms with Crippen molar-refractivity contribution >= 4 is 16.9 Å². The molecule has 0 aliphatic rings. The second-order valence-electron chi connectivity index (χ2n) is 4.37. The molecule has 0 unspecified atom stereocenters. The fourth-order valence-corrected chi connectivity index (χ4v) is 2.41. The van der Waals surface area contributed by atoms with Crippen LogP contribution in [0, 0.1) is 0 Å². The summed E-state index contributed by atoms with van der Waals surface area (Å²) in [4.78, 5) is 11.7. The molecular formula is C14H16F4OS. The zero-order chi connectivity index (χ0) is 15.0. The molecule has 0 fully saturated rings. The van der Waals surface area contributed by atoms with Crippen molar-refractivity contribution in [1.29, 1.82) is 0 Å². The number of carbonyl (C=O) groups is 1. The molecule has 0 atom stereocenters. The molecule has 0 heterocycles. The number of rotatable bonds is 8. The Bertz CT molecular complexity index is 409. The van der Waals surface area contributed by atoms with Gasteiger partial charge in [0.25, 0.3) is 0 Å². The van der Waals surface area contributed by atoms with Gasteiger partial charge in [-0.3, -0.25) is 4.79 Å². The first-order chi connectivity index (χ1) is 9.43. The van der Waals surface area contributed by atoms with E-state index in [9.17, 15) is 22.4 Å². The zero-order valence-corrected chi connectivity index (χ0v) is 11.6. The lowest BCUT2D eigenvalue weighted by Crippen LogP contribution is -2.26. The number of benzene rings is 1. The summed E-state index contributed by atoms with van der Waals surface area (Å²) in [5, 5.41) is -0.0662. The van der Waals surface area contributed by atoms with Gasteiger partial charge in [-0.25, -0.2) is 17.6 Å². The Morgan fingerprint density at radius 1 is 1.10 bits per heavy atom. The Hall–Kier alpha value is -1.04. The minimum Gasteiger partial charge on any atom is -0.282 e. The molecule has 0 aromatic heterocycles. The molecule has 1 nitrogen and oxygen atoms in total. The molecule has 0 radical (unpaired) electrons. The van der Waals surface area contributed by atoms with E-state index < -0.39 is 18.8 Å². The average molecular weight is 308 g/mol.